The summed E-state index contributed by atoms with van der Waals surface area (Å²) in [5, 5.41) is 0. The van der Waals surface area contributed by atoms with Crippen LogP contribution in [0, 0.1) is 5.92 Å². The van der Waals surface area contributed by atoms with Gasteiger partial charge in [0.25, 0.3) is 0 Å². The average Bonchev–Trinajstić information content (AvgIpc) is 2.90. The Hall–Kier alpha value is -2.13. The van der Waals surface area contributed by atoms with E-state index in [0.717, 1.165) is 12.8 Å². The lowest BCUT2D eigenvalue weighted by molar-refractivity contribution is -0.0339. The van der Waals surface area contributed by atoms with E-state index in [1.807, 2.05) is 30.3 Å². The van der Waals surface area contributed by atoms with Crippen molar-refractivity contribution in [3.8, 4) is 0 Å². The van der Waals surface area contributed by atoms with Crippen LogP contribution < -0.4 is 0 Å². The molecule has 3 heteroatoms. The summed E-state index contributed by atoms with van der Waals surface area (Å²) >= 11 is 0. The van der Waals surface area contributed by atoms with E-state index in [9.17, 15) is 4.79 Å². The number of esters is 1. The van der Waals surface area contributed by atoms with Crippen molar-refractivity contribution >= 4 is 5.97 Å². The minimum atomic E-state index is -0.187. The molecule has 0 radical (unpaired) electrons. The minimum absolute atomic E-state index is 0.00149. The first kappa shape index (κ1) is 16.3. The van der Waals surface area contributed by atoms with E-state index in [2.05, 4.69) is 42.3 Å². The Balaban J connectivity index is 1.55. The third-order valence-corrected chi connectivity index (χ3v) is 5.95. The Morgan fingerprint density at radius 1 is 1.04 bits per heavy atom. The first-order valence-corrected chi connectivity index (χ1v) is 9.24. The predicted molar refractivity (Wildman–Crippen MR) is 98.5 cm³/mol. The molecule has 0 spiro atoms. The zero-order chi connectivity index (χ0) is 17.2. The van der Waals surface area contributed by atoms with Crippen molar-refractivity contribution in [2.24, 2.45) is 5.92 Å². The highest BCUT2D eigenvalue weighted by atomic mass is 16.5. The first-order chi connectivity index (χ1) is 12.2. The summed E-state index contributed by atoms with van der Waals surface area (Å²) in [7, 11) is 2.23. The highest BCUT2D eigenvalue weighted by Gasteiger charge is 2.46. The second-order valence-electron chi connectivity index (χ2n) is 7.36. The van der Waals surface area contributed by atoms with Crippen LogP contribution in [0.4, 0.5) is 0 Å². The molecule has 2 heterocycles. The Labute approximate surface area is 149 Å². The van der Waals surface area contributed by atoms with Crippen LogP contribution in [0.25, 0.3) is 0 Å². The molecule has 0 aliphatic carbocycles. The molecule has 0 unspecified atom stereocenters. The molecule has 3 nitrogen and oxygen atoms in total. The van der Waals surface area contributed by atoms with E-state index >= 15 is 0 Å². The van der Waals surface area contributed by atoms with Gasteiger partial charge in [0.1, 0.15) is 6.10 Å². The van der Waals surface area contributed by atoms with E-state index < -0.39 is 0 Å². The molecule has 0 N–H and O–H groups in total. The van der Waals surface area contributed by atoms with Crippen molar-refractivity contribution < 1.29 is 9.53 Å². The molecule has 130 valence electrons. The van der Waals surface area contributed by atoms with E-state index in [0.29, 0.717) is 23.6 Å². The summed E-state index contributed by atoms with van der Waals surface area (Å²) in [6, 6.07) is 21.0. The van der Waals surface area contributed by atoms with Gasteiger partial charge in [-0.2, -0.15) is 0 Å². The zero-order valence-electron chi connectivity index (χ0n) is 14.7. The third kappa shape index (κ3) is 3.34. The summed E-state index contributed by atoms with van der Waals surface area (Å²) in [6.45, 7) is 0. The van der Waals surface area contributed by atoms with Gasteiger partial charge in [0.05, 0.1) is 5.56 Å². The van der Waals surface area contributed by atoms with E-state index in [1.165, 1.54) is 18.4 Å². The molecule has 0 amide bonds. The number of nitrogens with zero attached hydrogens (tertiary/aromatic N) is 1. The van der Waals surface area contributed by atoms with Gasteiger partial charge >= 0.3 is 5.97 Å². The number of carbonyl (C=O) groups is 1. The van der Waals surface area contributed by atoms with Crippen LogP contribution in [0.1, 0.15) is 35.2 Å². The highest BCUT2D eigenvalue weighted by Crippen LogP contribution is 2.41. The molecular weight excluding hydrogens is 310 g/mol. The van der Waals surface area contributed by atoms with Gasteiger partial charge < -0.3 is 4.74 Å². The Kier molecular flexibility index (Phi) is 4.58. The molecule has 2 bridgehead atoms. The van der Waals surface area contributed by atoms with Crippen molar-refractivity contribution in [1.82, 2.24) is 4.90 Å². The topological polar surface area (TPSA) is 29.5 Å². The van der Waals surface area contributed by atoms with E-state index in [1.54, 1.807) is 0 Å². The van der Waals surface area contributed by atoms with Crippen LogP contribution in [-0.4, -0.2) is 36.1 Å². The zero-order valence-corrected chi connectivity index (χ0v) is 14.7. The second kappa shape index (κ2) is 7.01. The molecular formula is C22H25NO2. The fraction of sp³-hybridized carbons (Fsp3) is 0.409. The molecule has 2 aliphatic rings. The van der Waals surface area contributed by atoms with Gasteiger partial charge in [-0.3, -0.25) is 4.90 Å². The Bertz CT molecular complexity index is 715. The number of ether oxygens (including phenoxy) is 1. The number of hydrogen-bond acceptors (Lipinski definition) is 3. The molecule has 0 saturated carbocycles. The molecule has 4 rings (SSSR count). The van der Waals surface area contributed by atoms with Crippen LogP contribution in [0.5, 0.6) is 0 Å². The fourth-order valence-electron chi connectivity index (χ4n) is 4.60. The molecule has 4 atom stereocenters. The van der Waals surface area contributed by atoms with Crippen LogP contribution in [0.3, 0.4) is 0 Å². The van der Waals surface area contributed by atoms with Gasteiger partial charge in [-0.25, -0.2) is 4.79 Å². The minimum Gasteiger partial charge on any atom is -0.458 e. The SMILES string of the molecule is CN1[C@@H]2CC[C@H]1[C@@H](Cc1ccccc1)[C@@H](OC(=O)c1ccccc1)C2. The number of hydrogen-bond donors (Lipinski definition) is 0. The van der Waals surface area contributed by atoms with Crippen molar-refractivity contribution in [2.75, 3.05) is 7.05 Å². The van der Waals surface area contributed by atoms with Crippen LogP contribution in [0.15, 0.2) is 60.7 Å². The fourth-order valence-corrected chi connectivity index (χ4v) is 4.60. The van der Waals surface area contributed by atoms with Crippen LogP contribution in [0.2, 0.25) is 0 Å². The maximum absolute atomic E-state index is 12.6. The van der Waals surface area contributed by atoms with Crippen LogP contribution in [-0.2, 0) is 11.2 Å². The van der Waals surface area contributed by atoms with Crippen molar-refractivity contribution in [3.05, 3.63) is 71.8 Å². The average molecular weight is 335 g/mol. The smallest absolute Gasteiger partial charge is 0.338 e. The normalized spacial score (nSPS) is 28.7. The first-order valence-electron chi connectivity index (χ1n) is 9.24. The van der Waals surface area contributed by atoms with Gasteiger partial charge in [0.2, 0.25) is 0 Å². The lowest BCUT2D eigenvalue weighted by Crippen LogP contribution is -2.51. The lowest BCUT2D eigenvalue weighted by atomic mass is 9.83. The van der Waals surface area contributed by atoms with Gasteiger partial charge in [0, 0.05) is 24.4 Å². The summed E-state index contributed by atoms with van der Waals surface area (Å²) < 4.78 is 6.03. The molecule has 2 aromatic rings. The summed E-state index contributed by atoms with van der Waals surface area (Å²) in [5.41, 5.74) is 1.97. The van der Waals surface area contributed by atoms with Gasteiger partial charge in [-0.15, -0.1) is 0 Å². The monoisotopic (exact) mass is 335 g/mol. The molecule has 2 saturated heterocycles. The van der Waals surface area contributed by atoms with E-state index in [-0.39, 0.29) is 12.1 Å². The summed E-state index contributed by atoms with van der Waals surface area (Å²) in [4.78, 5) is 15.1. The molecule has 2 aromatic carbocycles. The van der Waals surface area contributed by atoms with Crippen molar-refractivity contribution in [3.63, 3.8) is 0 Å². The third-order valence-electron chi connectivity index (χ3n) is 5.95. The number of carbonyl (C=O) groups excluding carboxylic acids is 1. The maximum Gasteiger partial charge on any atom is 0.338 e. The van der Waals surface area contributed by atoms with Crippen LogP contribution >= 0.6 is 0 Å². The summed E-state index contributed by atoms with van der Waals surface area (Å²) in [5.74, 6) is 0.173. The highest BCUT2D eigenvalue weighted by molar-refractivity contribution is 5.89. The van der Waals surface area contributed by atoms with Gasteiger partial charge in [-0.05, 0) is 44.0 Å². The molecule has 2 aliphatic heterocycles. The number of fused-ring (bicyclic) bond motifs is 2. The van der Waals surface area contributed by atoms with E-state index in [4.69, 9.17) is 4.74 Å². The number of rotatable bonds is 4. The van der Waals surface area contributed by atoms with Gasteiger partial charge in [-0.1, -0.05) is 48.5 Å². The summed E-state index contributed by atoms with van der Waals surface area (Å²) in [6.07, 6.45) is 4.34. The number of benzene rings is 2. The van der Waals surface area contributed by atoms with Gasteiger partial charge in [0.15, 0.2) is 0 Å². The number of piperidine rings is 1. The largest absolute Gasteiger partial charge is 0.458 e. The quantitative estimate of drug-likeness (QED) is 0.793. The van der Waals surface area contributed by atoms with Crippen molar-refractivity contribution in [1.29, 1.82) is 0 Å². The molecule has 25 heavy (non-hydrogen) atoms. The molecule has 0 aromatic heterocycles. The van der Waals surface area contributed by atoms with Crippen molar-refractivity contribution in [2.45, 2.75) is 43.9 Å². The Morgan fingerprint density at radius 2 is 1.72 bits per heavy atom. The Morgan fingerprint density at radius 3 is 2.44 bits per heavy atom. The maximum atomic E-state index is 12.6. The predicted octanol–water partition coefficient (Wildman–Crippen LogP) is 3.94. The standard InChI is InChI=1S/C22H25NO2/c1-23-18-12-13-20(23)19(14-16-8-4-2-5-9-16)21(15-18)25-22(24)17-10-6-3-7-11-17/h2-11,18-21H,12-15H2,1H3/t18-,19-,20+,21+/m1/s1. The lowest BCUT2D eigenvalue weighted by Gasteiger charge is -2.42. The molecule has 2 fully saturated rings. The second-order valence-corrected chi connectivity index (χ2v) is 7.36.